The number of thiazole rings is 2. The normalized spacial score (nSPS) is 11.1. The molecule has 0 unspecified atom stereocenters. The van der Waals surface area contributed by atoms with Gasteiger partial charge in [0.25, 0.3) is 5.91 Å². The summed E-state index contributed by atoms with van der Waals surface area (Å²) in [5.74, 6) is 0.387. The maximum atomic E-state index is 12.1. The van der Waals surface area contributed by atoms with E-state index in [1.54, 1.807) is 47.2 Å². The number of nitrogens with zero attached hydrogens (tertiary/aromatic N) is 4. The summed E-state index contributed by atoms with van der Waals surface area (Å²) in [7, 11) is 0. The SMILES string of the molecule is CC(C)NC(=O)c1ccc(Nc2ncc3c(-c4nccs4)c(-c4nccs4)ccc3n2)cc1. The molecule has 1 amide bonds. The average molecular weight is 473 g/mol. The van der Waals surface area contributed by atoms with Crippen molar-refractivity contribution in [1.29, 1.82) is 0 Å². The third-order valence-corrected chi connectivity index (χ3v) is 6.49. The van der Waals surface area contributed by atoms with Gasteiger partial charge in [-0.15, -0.1) is 22.7 Å². The molecule has 0 saturated carbocycles. The lowest BCUT2D eigenvalue weighted by atomic mass is 10.0. The van der Waals surface area contributed by atoms with Crippen LogP contribution in [0.3, 0.4) is 0 Å². The second-order valence-electron chi connectivity index (χ2n) is 7.62. The largest absolute Gasteiger partial charge is 0.350 e. The number of hydrogen-bond donors (Lipinski definition) is 2. The maximum absolute atomic E-state index is 12.1. The Kier molecular flexibility index (Phi) is 5.80. The van der Waals surface area contributed by atoms with Gasteiger partial charge < -0.3 is 10.6 Å². The molecule has 33 heavy (non-hydrogen) atoms. The Morgan fingerprint density at radius 3 is 2.30 bits per heavy atom. The summed E-state index contributed by atoms with van der Waals surface area (Å²) in [5, 5.41) is 12.8. The van der Waals surface area contributed by atoms with E-state index in [-0.39, 0.29) is 11.9 Å². The summed E-state index contributed by atoms with van der Waals surface area (Å²) < 4.78 is 0. The van der Waals surface area contributed by atoms with Crippen molar-refractivity contribution in [2.45, 2.75) is 19.9 Å². The number of nitrogens with one attached hydrogen (secondary N) is 2. The van der Waals surface area contributed by atoms with Gasteiger partial charge in [0.15, 0.2) is 0 Å². The van der Waals surface area contributed by atoms with E-state index in [1.807, 2.05) is 55.1 Å². The van der Waals surface area contributed by atoms with Gasteiger partial charge in [0.2, 0.25) is 5.95 Å². The van der Waals surface area contributed by atoms with Gasteiger partial charge in [0.1, 0.15) is 10.0 Å². The summed E-state index contributed by atoms with van der Waals surface area (Å²) in [6.45, 7) is 3.87. The molecule has 164 valence electrons. The molecule has 0 aliphatic heterocycles. The zero-order valence-corrected chi connectivity index (χ0v) is 19.6. The van der Waals surface area contributed by atoms with Gasteiger partial charge in [0.05, 0.1) is 5.52 Å². The van der Waals surface area contributed by atoms with E-state index >= 15 is 0 Å². The lowest BCUT2D eigenvalue weighted by Gasteiger charge is -2.11. The van der Waals surface area contributed by atoms with Crippen LogP contribution in [-0.4, -0.2) is 31.9 Å². The minimum absolute atomic E-state index is 0.0895. The van der Waals surface area contributed by atoms with Crippen molar-refractivity contribution in [2.75, 3.05) is 5.32 Å². The molecule has 0 aliphatic rings. The first-order valence-electron chi connectivity index (χ1n) is 10.4. The maximum Gasteiger partial charge on any atom is 0.251 e. The fourth-order valence-electron chi connectivity index (χ4n) is 3.46. The monoisotopic (exact) mass is 472 g/mol. The summed E-state index contributed by atoms with van der Waals surface area (Å²) in [5.41, 5.74) is 4.23. The number of aromatic nitrogens is 4. The molecule has 3 heterocycles. The van der Waals surface area contributed by atoms with E-state index in [1.165, 1.54) is 0 Å². The van der Waals surface area contributed by atoms with Gasteiger partial charge >= 0.3 is 0 Å². The van der Waals surface area contributed by atoms with Crippen molar-refractivity contribution in [3.63, 3.8) is 0 Å². The van der Waals surface area contributed by atoms with E-state index < -0.39 is 0 Å². The highest BCUT2D eigenvalue weighted by atomic mass is 32.1. The predicted molar refractivity (Wildman–Crippen MR) is 134 cm³/mol. The van der Waals surface area contributed by atoms with Crippen molar-refractivity contribution in [2.24, 2.45) is 0 Å². The van der Waals surface area contributed by atoms with Gasteiger partial charge in [-0.3, -0.25) is 4.79 Å². The Balaban J connectivity index is 1.47. The smallest absolute Gasteiger partial charge is 0.251 e. The van der Waals surface area contributed by atoms with Crippen LogP contribution in [0, 0.1) is 0 Å². The molecule has 0 bridgehead atoms. The number of carbonyl (C=O) groups excluding carboxylic acids is 1. The Morgan fingerprint density at radius 1 is 0.909 bits per heavy atom. The molecular formula is C24H20N6OS2. The van der Waals surface area contributed by atoms with Gasteiger partial charge in [0, 0.05) is 63.2 Å². The predicted octanol–water partition coefficient (Wildman–Crippen LogP) is 5.76. The molecule has 5 aromatic rings. The second kappa shape index (κ2) is 9.05. The van der Waals surface area contributed by atoms with Crippen LogP contribution in [0.5, 0.6) is 0 Å². The van der Waals surface area contributed by atoms with Crippen LogP contribution in [-0.2, 0) is 0 Å². The summed E-state index contributed by atoms with van der Waals surface area (Å²) in [6.07, 6.45) is 5.42. The van der Waals surface area contributed by atoms with Crippen LogP contribution in [0.15, 0.2) is 65.7 Å². The van der Waals surface area contributed by atoms with Crippen LogP contribution in [0.2, 0.25) is 0 Å². The van der Waals surface area contributed by atoms with Crippen molar-refractivity contribution in [3.05, 3.63) is 71.3 Å². The quantitative estimate of drug-likeness (QED) is 0.326. The fraction of sp³-hybridized carbons (Fsp3) is 0.125. The molecule has 2 N–H and O–H groups in total. The van der Waals surface area contributed by atoms with E-state index in [2.05, 4.69) is 25.6 Å². The Bertz CT molecular complexity index is 1400. The molecule has 5 rings (SSSR count). The van der Waals surface area contributed by atoms with Gasteiger partial charge in [-0.2, -0.15) is 0 Å². The first-order chi connectivity index (χ1) is 16.1. The Morgan fingerprint density at radius 2 is 1.64 bits per heavy atom. The molecule has 0 radical (unpaired) electrons. The molecule has 3 aromatic heterocycles. The molecular weight excluding hydrogens is 452 g/mol. The van der Waals surface area contributed by atoms with Crippen LogP contribution in [0.25, 0.3) is 32.0 Å². The summed E-state index contributed by atoms with van der Waals surface area (Å²) in [6, 6.07) is 11.4. The van der Waals surface area contributed by atoms with Crippen LogP contribution < -0.4 is 10.6 Å². The number of benzene rings is 2. The molecule has 0 aliphatic carbocycles. The molecule has 2 aromatic carbocycles. The van der Waals surface area contributed by atoms with Crippen molar-refractivity contribution >= 4 is 51.1 Å². The van der Waals surface area contributed by atoms with E-state index in [0.29, 0.717) is 11.5 Å². The zero-order valence-electron chi connectivity index (χ0n) is 17.9. The number of fused-ring (bicyclic) bond motifs is 1. The van der Waals surface area contributed by atoms with Crippen molar-refractivity contribution < 1.29 is 4.79 Å². The number of carbonyl (C=O) groups is 1. The highest BCUT2D eigenvalue weighted by Crippen LogP contribution is 2.39. The van der Waals surface area contributed by atoms with E-state index in [4.69, 9.17) is 4.98 Å². The molecule has 0 fully saturated rings. The molecule has 9 heteroatoms. The van der Waals surface area contributed by atoms with Crippen molar-refractivity contribution in [3.8, 4) is 21.1 Å². The molecule has 0 spiro atoms. The van der Waals surface area contributed by atoms with Crippen LogP contribution >= 0.6 is 22.7 Å². The number of rotatable bonds is 6. The average Bonchev–Trinajstić information content (AvgIpc) is 3.53. The third kappa shape index (κ3) is 4.46. The Hall–Kier alpha value is -3.69. The fourth-order valence-corrected chi connectivity index (χ4v) is 4.84. The highest BCUT2D eigenvalue weighted by molar-refractivity contribution is 7.14. The number of amides is 1. The van der Waals surface area contributed by atoms with Gasteiger partial charge in [-0.05, 0) is 50.2 Å². The molecule has 0 atom stereocenters. The molecule has 7 nitrogen and oxygen atoms in total. The number of anilines is 2. The van der Waals surface area contributed by atoms with Crippen molar-refractivity contribution in [1.82, 2.24) is 25.3 Å². The van der Waals surface area contributed by atoms with Crippen LogP contribution in [0.1, 0.15) is 24.2 Å². The lowest BCUT2D eigenvalue weighted by Crippen LogP contribution is -2.29. The highest BCUT2D eigenvalue weighted by Gasteiger charge is 2.17. The topological polar surface area (TPSA) is 92.7 Å². The summed E-state index contributed by atoms with van der Waals surface area (Å²) in [4.78, 5) is 30.4. The zero-order chi connectivity index (χ0) is 22.8. The van der Waals surface area contributed by atoms with Gasteiger partial charge in [-0.1, -0.05) is 0 Å². The standard InChI is InChI=1S/C24H20N6OS2/c1-14(2)28-21(31)15-3-5-16(6-4-15)29-24-27-13-18-19(30-24)8-7-17(22-25-9-11-32-22)20(18)23-26-10-12-33-23/h3-14H,1-2H3,(H,28,31)(H,27,29,30). The molecule has 0 saturated heterocycles. The lowest BCUT2D eigenvalue weighted by molar-refractivity contribution is 0.0943. The minimum atomic E-state index is -0.0933. The van der Waals surface area contributed by atoms with Crippen LogP contribution in [0.4, 0.5) is 11.6 Å². The van der Waals surface area contributed by atoms with Gasteiger partial charge in [-0.25, -0.2) is 19.9 Å². The van der Waals surface area contributed by atoms with E-state index in [9.17, 15) is 4.79 Å². The van der Waals surface area contributed by atoms with E-state index in [0.717, 1.165) is 37.7 Å². The first kappa shape index (κ1) is 21.2. The summed E-state index contributed by atoms with van der Waals surface area (Å²) >= 11 is 3.17. The third-order valence-electron chi connectivity index (χ3n) is 4.90. The Labute approximate surface area is 198 Å². The first-order valence-corrected chi connectivity index (χ1v) is 12.1. The number of hydrogen-bond acceptors (Lipinski definition) is 8. The second-order valence-corrected chi connectivity index (χ2v) is 9.41. The minimum Gasteiger partial charge on any atom is -0.350 e.